The van der Waals surface area contributed by atoms with E-state index in [2.05, 4.69) is 9.98 Å². The summed E-state index contributed by atoms with van der Waals surface area (Å²) < 4.78 is 10.5. The van der Waals surface area contributed by atoms with Crippen LogP contribution in [0.25, 0.3) is 5.70 Å². The third kappa shape index (κ3) is 1.59. The Morgan fingerprint density at radius 3 is 2.44 bits per heavy atom. The van der Waals surface area contributed by atoms with Gasteiger partial charge in [0.25, 0.3) is 0 Å². The summed E-state index contributed by atoms with van der Waals surface area (Å²) in [6.45, 7) is 1.98. The molecule has 1 aliphatic rings. The van der Waals surface area contributed by atoms with E-state index >= 15 is 0 Å². The van der Waals surface area contributed by atoms with Crippen molar-refractivity contribution in [1.82, 2.24) is 4.98 Å². The maximum absolute atomic E-state index is 5.30. The van der Waals surface area contributed by atoms with Crippen molar-refractivity contribution in [2.45, 2.75) is 6.92 Å². The van der Waals surface area contributed by atoms with Gasteiger partial charge in [-0.3, -0.25) is 0 Å². The molecule has 0 aliphatic carbocycles. The lowest BCUT2D eigenvalue weighted by molar-refractivity contribution is 0.354. The number of fused-ring (bicyclic) bond motifs is 1. The molecule has 0 fully saturated rings. The molecule has 4 nitrogen and oxygen atoms in total. The molecule has 2 aromatic rings. The third-order valence-corrected chi connectivity index (χ3v) is 3.78. The molecule has 0 N–H and O–H groups in total. The lowest BCUT2D eigenvalue weighted by atomic mass is 10.1. The lowest BCUT2D eigenvalue weighted by Crippen LogP contribution is -2.35. The number of hydrogen-bond donors (Lipinski definition) is 0. The van der Waals surface area contributed by atoms with Gasteiger partial charge in [-0.2, -0.15) is 0 Å². The molecule has 0 spiro atoms. The number of hydrogen-bond acceptors (Lipinski definition) is 5. The van der Waals surface area contributed by atoms with Crippen LogP contribution in [0.2, 0.25) is 0 Å². The molecule has 18 heavy (non-hydrogen) atoms. The molecule has 0 saturated carbocycles. The Labute approximate surface area is 108 Å². The van der Waals surface area contributed by atoms with Crippen molar-refractivity contribution in [2.24, 2.45) is 4.99 Å². The smallest absolute Gasteiger partial charge is 0.162 e. The van der Waals surface area contributed by atoms with E-state index in [4.69, 9.17) is 9.47 Å². The Morgan fingerprint density at radius 1 is 1.11 bits per heavy atom. The van der Waals surface area contributed by atoms with Crippen molar-refractivity contribution >= 4 is 17.0 Å². The van der Waals surface area contributed by atoms with E-state index in [-0.39, 0.29) is 0 Å². The van der Waals surface area contributed by atoms with Gasteiger partial charge >= 0.3 is 0 Å². The van der Waals surface area contributed by atoms with Crippen molar-refractivity contribution in [3.8, 4) is 11.5 Å². The van der Waals surface area contributed by atoms with Crippen LogP contribution in [0.1, 0.15) is 10.7 Å². The van der Waals surface area contributed by atoms with Gasteiger partial charge < -0.3 is 9.47 Å². The molecule has 5 heteroatoms. The minimum absolute atomic E-state index is 0.703. The van der Waals surface area contributed by atoms with Gasteiger partial charge in [0.2, 0.25) is 0 Å². The molecule has 1 aromatic heterocycles. The summed E-state index contributed by atoms with van der Waals surface area (Å²) in [5.41, 5.74) is 1.95. The molecule has 0 amide bonds. The highest BCUT2D eigenvalue weighted by Gasteiger charge is 2.16. The van der Waals surface area contributed by atoms with Crippen LogP contribution in [-0.2, 0) is 0 Å². The number of benzene rings is 1. The molecule has 1 aliphatic heterocycles. The number of thiazole rings is 1. The van der Waals surface area contributed by atoms with E-state index in [1.165, 1.54) is 0 Å². The average Bonchev–Trinajstić information content (AvgIpc) is 2.77. The predicted octanol–water partition coefficient (Wildman–Crippen LogP) is 1.26. The summed E-state index contributed by atoms with van der Waals surface area (Å²) in [5.74, 6) is 1.42. The first-order valence-corrected chi connectivity index (χ1v) is 6.38. The van der Waals surface area contributed by atoms with Gasteiger partial charge in [-0.05, 0) is 13.0 Å². The second kappa shape index (κ2) is 4.10. The lowest BCUT2D eigenvalue weighted by Gasteiger charge is -2.12. The fourth-order valence-corrected chi connectivity index (χ4v) is 2.70. The normalized spacial score (nSPS) is 12.5. The zero-order valence-electron chi connectivity index (χ0n) is 10.4. The van der Waals surface area contributed by atoms with E-state index in [1.54, 1.807) is 25.6 Å². The highest BCUT2D eigenvalue weighted by Crippen LogP contribution is 2.25. The summed E-state index contributed by atoms with van der Waals surface area (Å²) >= 11 is 1.61. The van der Waals surface area contributed by atoms with Gasteiger partial charge in [0.15, 0.2) is 11.5 Å². The van der Waals surface area contributed by atoms with Gasteiger partial charge in [-0.15, -0.1) is 11.3 Å². The first-order valence-electron chi connectivity index (χ1n) is 5.50. The largest absolute Gasteiger partial charge is 0.493 e. The van der Waals surface area contributed by atoms with Gasteiger partial charge in [0, 0.05) is 22.4 Å². The second-order valence-electron chi connectivity index (χ2n) is 3.98. The van der Waals surface area contributed by atoms with Crippen molar-refractivity contribution < 1.29 is 9.47 Å². The number of ether oxygens (including phenoxy) is 2. The van der Waals surface area contributed by atoms with Crippen molar-refractivity contribution in [3.63, 3.8) is 0 Å². The standard InChI is InChI=1S/C13H12N2O2S/c1-7-6-18-13(14-7)12-8-4-10(16-2)11(17-3)5-9(8)15-12/h4-6H,1-3H3. The van der Waals surface area contributed by atoms with Crippen LogP contribution in [0.3, 0.4) is 0 Å². The van der Waals surface area contributed by atoms with Crippen molar-refractivity contribution in [1.29, 1.82) is 0 Å². The number of nitrogens with zero attached hydrogens (tertiary/aromatic N) is 2. The Kier molecular flexibility index (Phi) is 2.56. The van der Waals surface area contributed by atoms with Crippen LogP contribution in [-0.4, -0.2) is 19.2 Å². The van der Waals surface area contributed by atoms with E-state index in [9.17, 15) is 0 Å². The van der Waals surface area contributed by atoms with Crippen LogP contribution in [0.4, 0.5) is 0 Å². The molecule has 1 aromatic carbocycles. The van der Waals surface area contributed by atoms with Crippen LogP contribution < -0.4 is 20.0 Å². The molecule has 0 bridgehead atoms. The number of aryl methyl sites for hydroxylation is 1. The van der Waals surface area contributed by atoms with Gasteiger partial charge in [0.1, 0.15) is 10.7 Å². The third-order valence-electron chi connectivity index (χ3n) is 2.81. The monoisotopic (exact) mass is 260 g/mol. The Morgan fingerprint density at radius 2 is 1.83 bits per heavy atom. The Balaban J connectivity index is 2.18. The molecular weight excluding hydrogens is 248 g/mol. The molecule has 2 heterocycles. The Hall–Kier alpha value is -1.88. The maximum Gasteiger partial charge on any atom is 0.162 e. The van der Waals surface area contributed by atoms with Crippen LogP contribution in [0, 0.1) is 6.92 Å². The number of aromatic nitrogens is 1. The first-order chi connectivity index (χ1) is 8.72. The van der Waals surface area contributed by atoms with Gasteiger partial charge in [-0.25, -0.2) is 9.98 Å². The predicted molar refractivity (Wildman–Crippen MR) is 69.7 cm³/mol. The molecular formula is C13H12N2O2S. The molecule has 0 atom stereocenters. The number of methoxy groups -OCH3 is 2. The zero-order chi connectivity index (χ0) is 12.7. The van der Waals surface area contributed by atoms with Gasteiger partial charge in [0.05, 0.1) is 19.6 Å². The van der Waals surface area contributed by atoms with Gasteiger partial charge in [-0.1, -0.05) is 0 Å². The van der Waals surface area contributed by atoms with E-state index in [0.717, 1.165) is 32.7 Å². The highest BCUT2D eigenvalue weighted by atomic mass is 32.1. The average molecular weight is 260 g/mol. The fourth-order valence-electron chi connectivity index (χ4n) is 1.90. The van der Waals surface area contributed by atoms with Crippen LogP contribution in [0.5, 0.6) is 11.5 Å². The van der Waals surface area contributed by atoms with E-state index < -0.39 is 0 Å². The van der Waals surface area contributed by atoms with Crippen molar-refractivity contribution in [3.05, 3.63) is 38.8 Å². The number of rotatable bonds is 3. The second-order valence-corrected chi connectivity index (χ2v) is 4.84. The minimum atomic E-state index is 0.703. The topological polar surface area (TPSA) is 43.7 Å². The molecule has 3 rings (SSSR count). The summed E-state index contributed by atoms with van der Waals surface area (Å²) in [4.78, 5) is 8.93. The maximum atomic E-state index is 5.30. The molecule has 92 valence electrons. The Bertz CT molecular complexity index is 734. The minimum Gasteiger partial charge on any atom is -0.493 e. The molecule has 0 unspecified atom stereocenters. The van der Waals surface area contributed by atoms with Crippen LogP contribution in [0.15, 0.2) is 22.5 Å². The first kappa shape index (κ1) is 11.2. The quantitative estimate of drug-likeness (QED) is 0.834. The highest BCUT2D eigenvalue weighted by molar-refractivity contribution is 7.10. The van der Waals surface area contributed by atoms with E-state index in [0.29, 0.717) is 5.75 Å². The molecule has 0 saturated heterocycles. The zero-order valence-corrected chi connectivity index (χ0v) is 11.2. The summed E-state index contributed by atoms with van der Waals surface area (Å²) in [6.07, 6.45) is 0. The molecule has 0 radical (unpaired) electrons. The van der Waals surface area contributed by atoms with E-state index in [1.807, 2.05) is 24.4 Å². The summed E-state index contributed by atoms with van der Waals surface area (Å²) in [7, 11) is 3.25. The van der Waals surface area contributed by atoms with Crippen molar-refractivity contribution in [2.75, 3.05) is 14.2 Å². The summed E-state index contributed by atoms with van der Waals surface area (Å²) in [5, 5.41) is 4.97. The fraction of sp³-hybridized carbons (Fsp3) is 0.231. The summed E-state index contributed by atoms with van der Waals surface area (Å²) in [6, 6.07) is 3.84. The SMILES string of the molecule is COc1cc2c(cc1OC)=C(c1nc(C)cs1)N=2. The van der Waals surface area contributed by atoms with Crippen LogP contribution >= 0.6 is 11.3 Å².